The molecule has 0 saturated heterocycles. The second-order valence-corrected chi connectivity index (χ2v) is 8.02. The minimum Gasteiger partial charge on any atom is -0.497 e. The molecule has 2 aromatic heterocycles. The number of hydrogen-bond acceptors (Lipinski definition) is 5. The third-order valence-corrected chi connectivity index (χ3v) is 5.57. The summed E-state index contributed by atoms with van der Waals surface area (Å²) in [5.41, 5.74) is 3.21. The maximum absolute atomic E-state index is 12.7. The van der Waals surface area contributed by atoms with Crippen LogP contribution in [0.1, 0.15) is 10.6 Å². The van der Waals surface area contributed by atoms with Crippen molar-refractivity contribution in [2.45, 2.75) is 0 Å². The average molecular weight is 479 g/mol. The Bertz CT molecular complexity index is 1470. The van der Waals surface area contributed by atoms with Crippen LogP contribution in [0.25, 0.3) is 33.9 Å². The molecule has 0 aliphatic carbocycles. The molecule has 8 heteroatoms. The van der Waals surface area contributed by atoms with E-state index in [0.717, 1.165) is 11.3 Å². The van der Waals surface area contributed by atoms with Gasteiger partial charge in [-0.25, -0.2) is 4.98 Å². The number of aromatic nitrogens is 1. The lowest BCUT2D eigenvalue weighted by Gasteiger charge is -2.03. The number of carbonyl (C=O) groups is 1. The molecule has 0 radical (unpaired) electrons. The van der Waals surface area contributed by atoms with Crippen molar-refractivity contribution in [1.82, 2.24) is 4.98 Å². The number of oxazole rings is 1. The second kappa shape index (κ2) is 8.65. The summed E-state index contributed by atoms with van der Waals surface area (Å²) in [7, 11) is 1.61. The predicted molar refractivity (Wildman–Crippen MR) is 128 cm³/mol. The maximum atomic E-state index is 12.7. The van der Waals surface area contributed by atoms with Gasteiger partial charge in [-0.3, -0.25) is 4.79 Å². The van der Waals surface area contributed by atoms with Gasteiger partial charge in [-0.15, -0.1) is 0 Å². The van der Waals surface area contributed by atoms with Crippen LogP contribution in [-0.4, -0.2) is 18.0 Å². The van der Waals surface area contributed by atoms with Gasteiger partial charge in [0.15, 0.2) is 11.3 Å². The monoisotopic (exact) mass is 478 g/mol. The molecule has 6 nitrogen and oxygen atoms in total. The SMILES string of the molecule is COc1ccc(-c2nc3cc(NC(=O)c4ccc(-c5cc(Cl)ccc5Cl)o4)ccc3o2)cc1. The van der Waals surface area contributed by atoms with Crippen molar-refractivity contribution in [3.63, 3.8) is 0 Å². The molecule has 1 amide bonds. The van der Waals surface area contributed by atoms with E-state index < -0.39 is 5.91 Å². The van der Waals surface area contributed by atoms with Crippen LogP contribution in [0.5, 0.6) is 5.75 Å². The number of halogens is 2. The summed E-state index contributed by atoms with van der Waals surface area (Å²) in [5, 5.41) is 3.81. The van der Waals surface area contributed by atoms with E-state index in [1.807, 2.05) is 24.3 Å². The highest BCUT2D eigenvalue weighted by Gasteiger charge is 2.16. The summed E-state index contributed by atoms with van der Waals surface area (Å²) in [5.74, 6) is 1.41. The van der Waals surface area contributed by atoms with Crippen LogP contribution in [0.15, 0.2) is 81.6 Å². The van der Waals surface area contributed by atoms with Gasteiger partial charge in [-0.05, 0) is 72.8 Å². The fourth-order valence-corrected chi connectivity index (χ4v) is 3.73. The molecule has 5 rings (SSSR count). The van der Waals surface area contributed by atoms with Gasteiger partial charge in [0.1, 0.15) is 17.0 Å². The topological polar surface area (TPSA) is 77.5 Å². The summed E-state index contributed by atoms with van der Waals surface area (Å²) < 4.78 is 16.7. The molecule has 3 aromatic carbocycles. The van der Waals surface area contributed by atoms with Crippen molar-refractivity contribution in [3.8, 4) is 28.5 Å². The van der Waals surface area contributed by atoms with Crippen LogP contribution in [0, 0.1) is 0 Å². The summed E-state index contributed by atoms with van der Waals surface area (Å²) in [6, 6.07) is 20.9. The van der Waals surface area contributed by atoms with Crippen molar-refractivity contribution in [2.75, 3.05) is 12.4 Å². The first kappa shape index (κ1) is 21.1. The van der Waals surface area contributed by atoms with E-state index in [2.05, 4.69) is 10.3 Å². The normalized spacial score (nSPS) is 11.0. The number of nitrogens with zero attached hydrogens (tertiary/aromatic N) is 1. The Morgan fingerprint density at radius 3 is 2.55 bits per heavy atom. The first-order valence-corrected chi connectivity index (χ1v) is 10.7. The molecule has 0 spiro atoms. The molecule has 0 aliphatic rings. The van der Waals surface area contributed by atoms with Gasteiger partial charge >= 0.3 is 0 Å². The summed E-state index contributed by atoms with van der Waals surface area (Å²) in [4.78, 5) is 17.2. The number of rotatable bonds is 5. The largest absolute Gasteiger partial charge is 0.497 e. The highest BCUT2D eigenvalue weighted by atomic mass is 35.5. The zero-order valence-electron chi connectivity index (χ0n) is 17.3. The molecule has 33 heavy (non-hydrogen) atoms. The van der Waals surface area contributed by atoms with Gasteiger partial charge in [-0.2, -0.15) is 0 Å². The quantitative estimate of drug-likeness (QED) is 0.286. The molecule has 5 aromatic rings. The average Bonchev–Trinajstić information content (AvgIpc) is 3.48. The number of hydrogen-bond donors (Lipinski definition) is 1. The minimum absolute atomic E-state index is 0.139. The van der Waals surface area contributed by atoms with Gasteiger partial charge in [-0.1, -0.05) is 23.2 Å². The number of ether oxygens (including phenoxy) is 1. The lowest BCUT2D eigenvalue weighted by Crippen LogP contribution is -2.10. The summed E-state index contributed by atoms with van der Waals surface area (Å²) in [6.07, 6.45) is 0. The second-order valence-electron chi connectivity index (χ2n) is 7.17. The Labute approximate surface area is 198 Å². The van der Waals surface area contributed by atoms with E-state index in [4.69, 9.17) is 36.8 Å². The predicted octanol–water partition coefficient (Wildman–Crippen LogP) is 7.32. The van der Waals surface area contributed by atoms with Crippen molar-refractivity contribution in [3.05, 3.63) is 88.6 Å². The number of anilines is 1. The zero-order valence-corrected chi connectivity index (χ0v) is 18.8. The first-order valence-electron chi connectivity index (χ1n) is 9.92. The van der Waals surface area contributed by atoms with Crippen molar-refractivity contribution in [2.24, 2.45) is 0 Å². The molecular weight excluding hydrogens is 463 g/mol. The number of nitrogens with one attached hydrogen (secondary N) is 1. The van der Waals surface area contributed by atoms with Crippen LogP contribution in [0.3, 0.4) is 0 Å². The maximum Gasteiger partial charge on any atom is 0.291 e. The van der Waals surface area contributed by atoms with E-state index >= 15 is 0 Å². The number of carbonyl (C=O) groups excluding carboxylic acids is 1. The standard InChI is InChI=1S/C25H16Cl2N2O4/c1-31-17-6-2-14(3-7-17)25-29-20-13-16(5-9-22(20)33-25)28-24(30)23-11-10-21(32-23)18-12-15(26)4-8-19(18)27/h2-13H,1H3,(H,28,30). The summed E-state index contributed by atoms with van der Waals surface area (Å²) in [6.45, 7) is 0. The van der Waals surface area contributed by atoms with Crippen LogP contribution in [-0.2, 0) is 0 Å². The molecule has 0 atom stereocenters. The Hall–Kier alpha value is -3.74. The van der Waals surface area contributed by atoms with E-state index in [9.17, 15) is 4.79 Å². The fourth-order valence-electron chi connectivity index (χ4n) is 3.35. The van der Waals surface area contributed by atoms with Crippen LogP contribution >= 0.6 is 23.2 Å². The van der Waals surface area contributed by atoms with Crippen molar-refractivity contribution < 1.29 is 18.4 Å². The molecule has 0 fully saturated rings. The number of methoxy groups -OCH3 is 1. The third-order valence-electron chi connectivity index (χ3n) is 5.01. The molecule has 0 aliphatic heterocycles. The van der Waals surface area contributed by atoms with E-state index in [-0.39, 0.29) is 5.76 Å². The Morgan fingerprint density at radius 2 is 1.76 bits per heavy atom. The Kier molecular flexibility index (Phi) is 5.54. The molecular formula is C25H16Cl2N2O4. The molecule has 0 bridgehead atoms. The summed E-state index contributed by atoms with van der Waals surface area (Å²) >= 11 is 12.3. The van der Waals surface area contributed by atoms with Crippen LogP contribution in [0.4, 0.5) is 5.69 Å². The Balaban J connectivity index is 1.36. The van der Waals surface area contributed by atoms with Crippen molar-refractivity contribution in [1.29, 1.82) is 0 Å². The van der Waals surface area contributed by atoms with Gasteiger partial charge in [0.25, 0.3) is 5.91 Å². The lowest BCUT2D eigenvalue weighted by molar-refractivity contribution is 0.0997. The number of furan rings is 1. The molecule has 1 N–H and O–H groups in total. The third kappa shape index (κ3) is 4.31. The van der Waals surface area contributed by atoms with Crippen LogP contribution < -0.4 is 10.1 Å². The smallest absolute Gasteiger partial charge is 0.291 e. The van der Waals surface area contributed by atoms with Gasteiger partial charge < -0.3 is 18.9 Å². The molecule has 0 saturated carbocycles. The van der Waals surface area contributed by atoms with E-state index in [1.54, 1.807) is 55.6 Å². The van der Waals surface area contributed by atoms with E-state index in [0.29, 0.717) is 44.0 Å². The van der Waals surface area contributed by atoms with Gasteiger partial charge in [0, 0.05) is 21.8 Å². The van der Waals surface area contributed by atoms with Gasteiger partial charge in [0.05, 0.1) is 12.1 Å². The molecule has 2 heterocycles. The number of amides is 1. The van der Waals surface area contributed by atoms with Crippen molar-refractivity contribution >= 4 is 45.9 Å². The van der Waals surface area contributed by atoms with Crippen LogP contribution in [0.2, 0.25) is 10.0 Å². The fraction of sp³-hybridized carbons (Fsp3) is 0.0400. The highest BCUT2D eigenvalue weighted by Crippen LogP contribution is 2.32. The molecule has 0 unspecified atom stereocenters. The van der Waals surface area contributed by atoms with Gasteiger partial charge in [0.2, 0.25) is 5.89 Å². The lowest BCUT2D eigenvalue weighted by atomic mass is 10.2. The Morgan fingerprint density at radius 1 is 0.939 bits per heavy atom. The van der Waals surface area contributed by atoms with E-state index in [1.165, 1.54) is 0 Å². The highest BCUT2D eigenvalue weighted by molar-refractivity contribution is 6.35. The first-order chi connectivity index (χ1) is 16.0. The number of benzene rings is 3. The minimum atomic E-state index is -0.405. The number of fused-ring (bicyclic) bond motifs is 1. The zero-order chi connectivity index (χ0) is 22.9. The molecule has 164 valence electrons.